The number of anilines is 1. The van der Waals surface area contributed by atoms with Crippen molar-refractivity contribution in [2.24, 2.45) is 0 Å². The van der Waals surface area contributed by atoms with E-state index in [1.165, 1.54) is 6.07 Å². The highest BCUT2D eigenvalue weighted by atomic mass is 16.5. The maximum Gasteiger partial charge on any atom is 0.340 e. The first-order chi connectivity index (χ1) is 9.40. The second-order valence-electron chi connectivity index (χ2n) is 4.44. The molecule has 1 rings (SSSR count). The van der Waals surface area contributed by atoms with E-state index < -0.39 is 17.8 Å². The number of rotatable bonds is 6. The van der Waals surface area contributed by atoms with Gasteiger partial charge < -0.3 is 15.2 Å². The number of nitrogens with one attached hydrogen (secondary N) is 1. The number of carboxylic acids is 1. The third-order valence-corrected chi connectivity index (χ3v) is 2.33. The van der Waals surface area contributed by atoms with Crippen LogP contribution in [0.4, 0.5) is 5.69 Å². The molecule has 0 saturated heterocycles. The zero-order chi connectivity index (χ0) is 15.1. The standard InChI is InChI=1S/C14H17NO5/c1-9(2)20-14(19)10-5-3-4-6-11(10)15-12(16)7-8-13(17)18/h3-6,9H,7-8H2,1-2H3,(H,15,16)(H,17,18). The number of hydrogen-bond donors (Lipinski definition) is 2. The molecule has 1 aromatic carbocycles. The van der Waals surface area contributed by atoms with Crippen LogP contribution in [0.25, 0.3) is 0 Å². The van der Waals surface area contributed by atoms with Gasteiger partial charge in [-0.3, -0.25) is 9.59 Å². The van der Waals surface area contributed by atoms with Crippen molar-refractivity contribution >= 4 is 23.5 Å². The second kappa shape index (κ2) is 7.28. The van der Waals surface area contributed by atoms with E-state index in [4.69, 9.17) is 9.84 Å². The Bertz CT molecular complexity index is 510. The predicted octanol–water partition coefficient (Wildman–Crippen LogP) is 2.06. The fourth-order valence-electron chi connectivity index (χ4n) is 1.48. The minimum atomic E-state index is -1.05. The lowest BCUT2D eigenvalue weighted by molar-refractivity contribution is -0.138. The first-order valence-corrected chi connectivity index (χ1v) is 6.21. The van der Waals surface area contributed by atoms with E-state index in [1.54, 1.807) is 32.0 Å². The molecule has 6 nitrogen and oxygen atoms in total. The number of benzene rings is 1. The molecule has 0 heterocycles. The van der Waals surface area contributed by atoms with Crippen molar-refractivity contribution in [3.8, 4) is 0 Å². The van der Waals surface area contributed by atoms with E-state index in [-0.39, 0.29) is 24.5 Å². The van der Waals surface area contributed by atoms with Gasteiger partial charge >= 0.3 is 11.9 Å². The van der Waals surface area contributed by atoms with Crippen molar-refractivity contribution in [2.45, 2.75) is 32.8 Å². The summed E-state index contributed by atoms with van der Waals surface area (Å²) in [5.41, 5.74) is 0.554. The molecule has 0 aromatic heterocycles. The van der Waals surface area contributed by atoms with Crippen LogP contribution in [-0.4, -0.2) is 29.1 Å². The van der Waals surface area contributed by atoms with Gasteiger partial charge in [0, 0.05) is 6.42 Å². The summed E-state index contributed by atoms with van der Waals surface area (Å²) in [4.78, 5) is 33.8. The molecule has 0 spiro atoms. The number of para-hydroxylation sites is 1. The Balaban J connectivity index is 2.77. The number of ether oxygens (including phenoxy) is 1. The molecular formula is C14H17NO5. The molecule has 1 amide bonds. The average molecular weight is 279 g/mol. The Morgan fingerprint density at radius 1 is 1.20 bits per heavy atom. The molecular weight excluding hydrogens is 262 g/mol. The minimum Gasteiger partial charge on any atom is -0.481 e. The Hall–Kier alpha value is -2.37. The van der Waals surface area contributed by atoms with Gasteiger partial charge in [-0.05, 0) is 26.0 Å². The molecule has 0 atom stereocenters. The molecule has 6 heteroatoms. The Morgan fingerprint density at radius 2 is 1.85 bits per heavy atom. The molecule has 0 aliphatic heterocycles. The number of amides is 1. The molecule has 20 heavy (non-hydrogen) atoms. The fourth-order valence-corrected chi connectivity index (χ4v) is 1.48. The third-order valence-electron chi connectivity index (χ3n) is 2.33. The largest absolute Gasteiger partial charge is 0.481 e. The number of carbonyl (C=O) groups is 3. The molecule has 0 aliphatic rings. The normalized spacial score (nSPS) is 10.2. The van der Waals surface area contributed by atoms with Crippen LogP contribution in [0.1, 0.15) is 37.0 Å². The average Bonchev–Trinajstić information content (AvgIpc) is 2.36. The summed E-state index contributed by atoms with van der Waals surface area (Å²) in [6.45, 7) is 3.46. The van der Waals surface area contributed by atoms with E-state index in [0.29, 0.717) is 5.69 Å². The van der Waals surface area contributed by atoms with Gasteiger partial charge in [-0.2, -0.15) is 0 Å². The van der Waals surface area contributed by atoms with Crippen LogP contribution >= 0.6 is 0 Å². The minimum absolute atomic E-state index is 0.150. The van der Waals surface area contributed by atoms with E-state index in [9.17, 15) is 14.4 Å². The van der Waals surface area contributed by atoms with Crippen molar-refractivity contribution in [2.75, 3.05) is 5.32 Å². The van der Waals surface area contributed by atoms with E-state index in [1.807, 2.05) is 0 Å². The molecule has 108 valence electrons. The molecule has 1 aromatic rings. The second-order valence-corrected chi connectivity index (χ2v) is 4.44. The molecule has 0 aliphatic carbocycles. The molecule has 0 radical (unpaired) electrons. The van der Waals surface area contributed by atoms with Crippen molar-refractivity contribution < 1.29 is 24.2 Å². The van der Waals surface area contributed by atoms with Gasteiger partial charge in [-0.25, -0.2) is 4.79 Å². The summed E-state index contributed by atoms with van der Waals surface area (Å²) in [6.07, 6.45) is -0.675. The van der Waals surface area contributed by atoms with Gasteiger partial charge in [0.2, 0.25) is 5.91 Å². The zero-order valence-electron chi connectivity index (χ0n) is 11.4. The van der Waals surface area contributed by atoms with Gasteiger partial charge in [0.25, 0.3) is 0 Å². The molecule has 0 saturated carbocycles. The summed E-state index contributed by atoms with van der Waals surface area (Å²) in [7, 11) is 0. The van der Waals surface area contributed by atoms with Crippen molar-refractivity contribution in [3.63, 3.8) is 0 Å². The van der Waals surface area contributed by atoms with Crippen LogP contribution in [0.15, 0.2) is 24.3 Å². The summed E-state index contributed by atoms with van der Waals surface area (Å²) >= 11 is 0. The first-order valence-electron chi connectivity index (χ1n) is 6.21. The van der Waals surface area contributed by atoms with Crippen LogP contribution < -0.4 is 5.32 Å². The Morgan fingerprint density at radius 3 is 2.45 bits per heavy atom. The topological polar surface area (TPSA) is 92.7 Å². The SMILES string of the molecule is CC(C)OC(=O)c1ccccc1NC(=O)CCC(=O)O. The highest BCUT2D eigenvalue weighted by Crippen LogP contribution is 2.17. The van der Waals surface area contributed by atoms with Crippen LogP contribution in [0.5, 0.6) is 0 Å². The van der Waals surface area contributed by atoms with Crippen LogP contribution in [-0.2, 0) is 14.3 Å². The Kier molecular flexibility index (Phi) is 5.71. The van der Waals surface area contributed by atoms with Gasteiger partial charge in [0.1, 0.15) is 0 Å². The van der Waals surface area contributed by atoms with Crippen LogP contribution in [0.3, 0.4) is 0 Å². The summed E-state index contributed by atoms with van der Waals surface area (Å²) in [5, 5.41) is 11.0. The number of esters is 1. The zero-order valence-corrected chi connectivity index (χ0v) is 11.4. The van der Waals surface area contributed by atoms with E-state index in [0.717, 1.165) is 0 Å². The smallest absolute Gasteiger partial charge is 0.340 e. The van der Waals surface area contributed by atoms with Crippen LogP contribution in [0, 0.1) is 0 Å². The van der Waals surface area contributed by atoms with Gasteiger partial charge in [-0.15, -0.1) is 0 Å². The number of carbonyl (C=O) groups excluding carboxylic acids is 2. The summed E-state index contributed by atoms with van der Waals surface area (Å²) in [6, 6.07) is 6.43. The molecule has 0 fully saturated rings. The van der Waals surface area contributed by atoms with E-state index >= 15 is 0 Å². The summed E-state index contributed by atoms with van der Waals surface area (Å²) < 4.78 is 5.07. The molecule has 0 unspecified atom stereocenters. The first kappa shape index (κ1) is 15.7. The lowest BCUT2D eigenvalue weighted by Crippen LogP contribution is -2.18. The lowest BCUT2D eigenvalue weighted by Gasteiger charge is -2.12. The quantitative estimate of drug-likeness (QED) is 0.777. The number of carboxylic acid groups (broad SMARTS) is 1. The lowest BCUT2D eigenvalue weighted by atomic mass is 10.1. The highest BCUT2D eigenvalue weighted by Gasteiger charge is 2.15. The Labute approximate surface area is 116 Å². The number of hydrogen-bond acceptors (Lipinski definition) is 4. The highest BCUT2D eigenvalue weighted by molar-refractivity contribution is 6.01. The van der Waals surface area contributed by atoms with Gasteiger partial charge in [0.15, 0.2) is 0 Å². The fraction of sp³-hybridized carbons (Fsp3) is 0.357. The maximum atomic E-state index is 11.9. The van der Waals surface area contributed by atoms with Gasteiger partial charge in [-0.1, -0.05) is 12.1 Å². The van der Waals surface area contributed by atoms with Crippen molar-refractivity contribution in [1.82, 2.24) is 0 Å². The third kappa shape index (κ3) is 5.09. The number of aliphatic carboxylic acids is 1. The summed E-state index contributed by atoms with van der Waals surface area (Å²) in [5.74, 6) is -2.04. The van der Waals surface area contributed by atoms with Crippen LogP contribution in [0.2, 0.25) is 0 Å². The van der Waals surface area contributed by atoms with E-state index in [2.05, 4.69) is 5.32 Å². The predicted molar refractivity (Wildman–Crippen MR) is 72.5 cm³/mol. The monoisotopic (exact) mass is 279 g/mol. The van der Waals surface area contributed by atoms with Crippen molar-refractivity contribution in [1.29, 1.82) is 0 Å². The van der Waals surface area contributed by atoms with Crippen molar-refractivity contribution in [3.05, 3.63) is 29.8 Å². The molecule has 2 N–H and O–H groups in total. The maximum absolute atomic E-state index is 11.9. The van der Waals surface area contributed by atoms with Gasteiger partial charge in [0.05, 0.1) is 23.8 Å². The molecule has 0 bridgehead atoms.